The van der Waals surface area contributed by atoms with Gasteiger partial charge in [0.15, 0.2) is 0 Å². The molecule has 6 rings (SSSR count). The van der Waals surface area contributed by atoms with Gasteiger partial charge in [-0.25, -0.2) is 17.6 Å². The number of anilines is 1. The molecule has 0 bridgehead atoms. The third-order valence-electron chi connectivity index (χ3n) is 9.99. The zero-order chi connectivity index (χ0) is 33.3. The fourth-order valence-corrected chi connectivity index (χ4v) is 8.03. The fraction of sp³-hybridized carbons (Fsp3) is 0.486. The molecule has 6 nitrogen and oxygen atoms in total. The van der Waals surface area contributed by atoms with E-state index in [1.54, 1.807) is 12.1 Å². The molecule has 47 heavy (non-hydrogen) atoms. The van der Waals surface area contributed by atoms with Crippen LogP contribution in [0.25, 0.3) is 0 Å². The van der Waals surface area contributed by atoms with Crippen molar-refractivity contribution in [2.24, 2.45) is 5.41 Å². The molecule has 3 aliphatic heterocycles. The Balaban J connectivity index is 1.30. The number of carbonyl (C=O) groups is 1. The normalized spacial score (nSPS) is 23.9. The molecule has 1 N–H and O–H groups in total. The Bertz CT molecular complexity index is 1560. The van der Waals surface area contributed by atoms with Gasteiger partial charge in [0.2, 0.25) is 0 Å². The Morgan fingerprint density at radius 2 is 1.70 bits per heavy atom. The first-order valence-electron chi connectivity index (χ1n) is 16.5. The number of rotatable bonds is 9. The topological polar surface area (TPSA) is 56.3 Å². The van der Waals surface area contributed by atoms with E-state index in [-0.39, 0.29) is 17.5 Å². The number of hydrogen-bond acceptors (Lipinski definition) is 5. The molecule has 0 aromatic heterocycles. The van der Waals surface area contributed by atoms with Crippen molar-refractivity contribution in [1.82, 2.24) is 9.80 Å². The highest BCUT2D eigenvalue weighted by atomic mass is 19.3. The highest BCUT2D eigenvalue weighted by Crippen LogP contribution is 2.44. The summed E-state index contributed by atoms with van der Waals surface area (Å²) in [5, 5.41) is 9.33. The van der Waals surface area contributed by atoms with E-state index in [0.29, 0.717) is 49.7 Å². The van der Waals surface area contributed by atoms with E-state index >= 15 is 8.78 Å². The predicted octanol–water partition coefficient (Wildman–Crippen LogP) is 7.30. The zero-order valence-electron chi connectivity index (χ0n) is 27.0. The van der Waals surface area contributed by atoms with Crippen LogP contribution in [0, 0.1) is 17.0 Å². The van der Waals surface area contributed by atoms with Crippen LogP contribution < -0.4 is 9.64 Å². The number of hydrogen-bond donors (Lipinski definition) is 1. The molecule has 10 heteroatoms. The van der Waals surface area contributed by atoms with Crippen molar-refractivity contribution in [3.8, 4) is 5.75 Å². The van der Waals surface area contributed by atoms with Gasteiger partial charge in [-0.1, -0.05) is 36.4 Å². The smallest absolute Gasteiger partial charge is 0.317 e. The first-order valence-corrected chi connectivity index (χ1v) is 16.5. The van der Waals surface area contributed by atoms with Crippen molar-refractivity contribution in [2.75, 3.05) is 44.2 Å². The minimum absolute atomic E-state index is 0.0189. The maximum absolute atomic E-state index is 16.3. The number of benzene rings is 3. The van der Waals surface area contributed by atoms with Crippen LogP contribution in [0.1, 0.15) is 67.8 Å². The second-order valence-corrected chi connectivity index (χ2v) is 13.9. The molecule has 0 amide bonds. The van der Waals surface area contributed by atoms with Gasteiger partial charge in [-0.3, -0.25) is 14.6 Å². The van der Waals surface area contributed by atoms with Crippen molar-refractivity contribution in [2.45, 2.75) is 70.6 Å². The van der Waals surface area contributed by atoms with Gasteiger partial charge in [0.25, 0.3) is 5.92 Å². The zero-order valence-corrected chi connectivity index (χ0v) is 27.0. The lowest BCUT2D eigenvalue weighted by molar-refractivity contribution is -0.139. The first-order chi connectivity index (χ1) is 22.4. The second-order valence-electron chi connectivity index (χ2n) is 13.9. The summed E-state index contributed by atoms with van der Waals surface area (Å²) >= 11 is 0. The van der Waals surface area contributed by atoms with Gasteiger partial charge in [0.05, 0.1) is 19.1 Å². The quantitative estimate of drug-likeness (QED) is 0.245. The van der Waals surface area contributed by atoms with Crippen molar-refractivity contribution in [3.05, 3.63) is 94.6 Å². The SMILES string of the molecule is C[C@@H]1Cc2cc(OCc3ccccc3)ccc2C(c2c(F)cc(N3CCCC4(CCCN(CC(=O)O)C4)C3)cc2F)N1CC(C)(F)F. The second kappa shape index (κ2) is 13.5. The predicted molar refractivity (Wildman–Crippen MR) is 173 cm³/mol. The number of nitrogens with zero attached hydrogens (tertiary/aromatic N) is 3. The van der Waals surface area contributed by atoms with E-state index in [0.717, 1.165) is 50.3 Å². The Morgan fingerprint density at radius 1 is 1.00 bits per heavy atom. The monoisotopic (exact) mass is 653 g/mol. The molecule has 252 valence electrons. The molecule has 1 spiro atoms. The van der Waals surface area contributed by atoms with Crippen LogP contribution in [-0.4, -0.2) is 72.1 Å². The number of likely N-dealkylation sites (tertiary alicyclic amines) is 1. The lowest BCUT2D eigenvalue weighted by atomic mass is 9.73. The number of fused-ring (bicyclic) bond motifs is 1. The molecular weight excluding hydrogens is 610 g/mol. The van der Waals surface area contributed by atoms with Crippen LogP contribution >= 0.6 is 0 Å². The maximum Gasteiger partial charge on any atom is 0.317 e. The van der Waals surface area contributed by atoms with Crippen LogP contribution in [-0.2, 0) is 17.8 Å². The minimum Gasteiger partial charge on any atom is -0.489 e. The van der Waals surface area contributed by atoms with E-state index in [4.69, 9.17) is 4.74 Å². The standard InChI is InChI=1S/C37H43F4N3O3/c1-25-16-27-17-29(47-21-26-8-4-3-5-9-26)10-11-30(27)35(44(25)22-36(2,40)41)34-31(38)18-28(19-32(34)39)43-15-7-13-37(24-43)12-6-14-42(23-37)20-33(45)46/h3-5,8-11,17-19,25,35H,6-7,12-16,20-24H2,1-2H3,(H,45,46)/t25-,35?,37?/m1/s1. The van der Waals surface area contributed by atoms with Gasteiger partial charge < -0.3 is 14.7 Å². The average molecular weight is 654 g/mol. The third kappa shape index (κ3) is 7.59. The summed E-state index contributed by atoms with van der Waals surface area (Å²) < 4.78 is 67.8. The molecule has 3 atom stereocenters. The Morgan fingerprint density at radius 3 is 2.38 bits per heavy atom. The lowest BCUT2D eigenvalue weighted by Crippen LogP contribution is -2.53. The highest BCUT2D eigenvalue weighted by Gasteiger charge is 2.42. The molecule has 3 aromatic rings. The minimum atomic E-state index is -3.08. The first kappa shape index (κ1) is 33.3. The van der Waals surface area contributed by atoms with Crippen molar-refractivity contribution in [3.63, 3.8) is 0 Å². The molecule has 3 aliphatic rings. The molecular formula is C37H43F4N3O3. The summed E-state index contributed by atoms with van der Waals surface area (Å²) in [5.74, 6) is -4.87. The molecule has 0 radical (unpaired) electrons. The molecule has 0 aliphatic carbocycles. The van der Waals surface area contributed by atoms with Gasteiger partial charge in [-0.15, -0.1) is 0 Å². The highest BCUT2D eigenvalue weighted by molar-refractivity contribution is 5.69. The average Bonchev–Trinajstić information content (AvgIpc) is 3.00. The summed E-state index contributed by atoms with van der Waals surface area (Å²) in [5.41, 5.74) is 2.42. The largest absolute Gasteiger partial charge is 0.489 e. The van der Waals surface area contributed by atoms with E-state index in [1.165, 1.54) is 17.0 Å². The number of alkyl halides is 2. The number of carboxylic acid groups (broad SMARTS) is 1. The number of carboxylic acids is 1. The Hall–Kier alpha value is -3.63. The summed E-state index contributed by atoms with van der Waals surface area (Å²) in [6, 6.07) is 16.3. The van der Waals surface area contributed by atoms with Crippen molar-refractivity contribution in [1.29, 1.82) is 0 Å². The summed E-state index contributed by atoms with van der Waals surface area (Å²) in [4.78, 5) is 16.8. The molecule has 2 fully saturated rings. The lowest BCUT2D eigenvalue weighted by Gasteiger charge is -2.49. The van der Waals surface area contributed by atoms with Crippen molar-refractivity contribution < 1.29 is 32.2 Å². The molecule has 2 unspecified atom stereocenters. The molecule has 2 saturated heterocycles. The van der Waals surface area contributed by atoms with Gasteiger partial charge in [0.1, 0.15) is 24.0 Å². The molecule has 3 heterocycles. The Labute approximate surface area is 273 Å². The van der Waals surface area contributed by atoms with Gasteiger partial charge in [0, 0.05) is 49.3 Å². The summed E-state index contributed by atoms with van der Waals surface area (Å²) in [7, 11) is 0. The summed E-state index contributed by atoms with van der Waals surface area (Å²) in [6.45, 7) is 4.89. The van der Waals surface area contributed by atoms with Gasteiger partial charge >= 0.3 is 5.97 Å². The van der Waals surface area contributed by atoms with Gasteiger partial charge in [-0.2, -0.15) is 0 Å². The fourth-order valence-electron chi connectivity index (χ4n) is 8.03. The van der Waals surface area contributed by atoms with Crippen LogP contribution in [0.2, 0.25) is 0 Å². The van der Waals surface area contributed by atoms with Crippen LogP contribution in [0.5, 0.6) is 5.75 Å². The molecule has 3 aromatic carbocycles. The number of aliphatic carboxylic acids is 1. The number of piperidine rings is 2. The summed E-state index contributed by atoms with van der Waals surface area (Å²) in [6.07, 6.45) is 3.99. The van der Waals surface area contributed by atoms with Gasteiger partial charge in [-0.05, 0) is 86.5 Å². The van der Waals surface area contributed by atoms with E-state index in [1.807, 2.05) is 53.1 Å². The number of halogens is 4. The van der Waals surface area contributed by atoms with Crippen LogP contribution in [0.15, 0.2) is 60.7 Å². The third-order valence-corrected chi connectivity index (χ3v) is 9.99. The maximum atomic E-state index is 16.3. The van der Waals surface area contributed by atoms with Crippen LogP contribution in [0.4, 0.5) is 23.2 Å². The van der Waals surface area contributed by atoms with Crippen molar-refractivity contribution >= 4 is 11.7 Å². The Kier molecular flexibility index (Phi) is 9.54. The van der Waals surface area contributed by atoms with Crippen LogP contribution in [0.3, 0.4) is 0 Å². The van der Waals surface area contributed by atoms with E-state index < -0.39 is 42.2 Å². The molecule has 0 saturated carbocycles. The van der Waals surface area contributed by atoms with E-state index in [2.05, 4.69) is 0 Å². The van der Waals surface area contributed by atoms with E-state index in [9.17, 15) is 18.7 Å². The number of ether oxygens (including phenoxy) is 1.